The Bertz CT molecular complexity index is 2660. The van der Waals surface area contributed by atoms with E-state index in [4.69, 9.17) is 11.6 Å². The smallest absolute Gasteiger partial charge is 0.287 e. The normalized spacial score (nSPS) is 13.3. The summed E-state index contributed by atoms with van der Waals surface area (Å²) in [5.41, 5.74) is -29.1. The van der Waals surface area contributed by atoms with Crippen molar-refractivity contribution < 1.29 is 120 Å². The molecule has 408 valence electrons. The van der Waals surface area contributed by atoms with Crippen LogP contribution in [-0.2, 0) is 56.0 Å². The Morgan fingerprint density at radius 2 is 0.605 bits per heavy atom. The largest absolute Gasteiger partial charge is 0.416 e. The Hall–Kier alpha value is -6.74. The molecule has 0 unspecified atom stereocenters. The van der Waals surface area contributed by atoms with Crippen LogP contribution in [0.15, 0.2) is 128 Å². The second-order valence-electron chi connectivity index (χ2n) is 16.3. The lowest BCUT2D eigenvalue weighted by atomic mass is 9.12. The second kappa shape index (κ2) is 21.0. The number of hydrogen-bond acceptors (Lipinski definition) is 2. The van der Waals surface area contributed by atoms with Crippen LogP contribution in [0.2, 0.25) is 0 Å². The standard InChI is InChI=1S/C32H12BF24.C15H13ClNO2/c34-25(35,36)13-1-14(26(37,38)39)6-21(5-13)33(22-7-15(27(40,41)42)2-16(8-22)28(43,44)45,23-9-17(29(46,47)48)3-18(10-23)30(49,50)51)24-11-19(31(52,53)54)4-20(12-24)32(55,56)57;16-10-14(18)13-8-4-5-9-17(13)11-15(19)12-6-2-1-3-7-12/h1-12H;1-9H,10-11H2/q-1;+1. The lowest BCUT2D eigenvalue weighted by Crippen LogP contribution is -2.75. The van der Waals surface area contributed by atoms with Crippen LogP contribution < -0.4 is 26.4 Å². The number of aromatic nitrogens is 1. The van der Waals surface area contributed by atoms with Gasteiger partial charge >= 0.3 is 49.4 Å². The van der Waals surface area contributed by atoms with E-state index in [0.717, 1.165) is 0 Å². The van der Waals surface area contributed by atoms with Gasteiger partial charge in [0.15, 0.2) is 6.20 Å². The zero-order valence-electron chi connectivity index (χ0n) is 36.8. The van der Waals surface area contributed by atoms with E-state index < -0.39 is 195 Å². The number of carbonyl (C=O) groups is 2. The molecule has 0 N–H and O–H groups in total. The summed E-state index contributed by atoms with van der Waals surface area (Å²) >= 11 is 5.56. The first-order valence-corrected chi connectivity index (χ1v) is 21.0. The topological polar surface area (TPSA) is 38.0 Å². The van der Waals surface area contributed by atoms with Crippen LogP contribution in [0.1, 0.15) is 65.4 Å². The van der Waals surface area contributed by atoms with E-state index in [1.807, 2.05) is 18.2 Å². The molecule has 29 heteroatoms. The van der Waals surface area contributed by atoms with E-state index in [0.29, 0.717) is 11.3 Å². The number of pyridine rings is 1. The molecule has 3 nitrogen and oxygen atoms in total. The first-order valence-electron chi connectivity index (χ1n) is 20.5. The fraction of sp³-hybridized carbons (Fsp3) is 0.213. The second-order valence-corrected chi connectivity index (χ2v) is 16.5. The van der Waals surface area contributed by atoms with Crippen LogP contribution in [0.3, 0.4) is 0 Å². The number of nitrogens with zero attached hydrogens (tertiary/aromatic N) is 1. The molecule has 0 aliphatic heterocycles. The van der Waals surface area contributed by atoms with E-state index in [1.165, 1.54) is 0 Å². The molecule has 0 aliphatic rings. The van der Waals surface area contributed by atoms with Crippen LogP contribution in [-0.4, -0.2) is 23.6 Å². The predicted octanol–water partition coefficient (Wildman–Crippen LogP) is 13.5. The monoisotopic (exact) mass is 1140 g/mol. The minimum Gasteiger partial charge on any atom is -0.287 e. The Balaban J connectivity index is 0.000000468. The molecule has 1 heterocycles. The Labute approximate surface area is 415 Å². The van der Waals surface area contributed by atoms with Gasteiger partial charge in [0, 0.05) is 17.7 Å². The number of halogens is 25. The first-order chi connectivity index (χ1) is 34.5. The number of alkyl halides is 25. The average Bonchev–Trinajstić information content (AvgIpc) is 3.29. The van der Waals surface area contributed by atoms with E-state index in [9.17, 15) is 115 Å². The van der Waals surface area contributed by atoms with Crippen molar-refractivity contribution in [3.63, 3.8) is 0 Å². The summed E-state index contributed by atoms with van der Waals surface area (Å²) in [6.45, 7) is 0.128. The zero-order chi connectivity index (χ0) is 57.6. The number of Topliss-reactive ketones (excluding diaryl/α,β-unsaturated/α-hetero) is 2. The number of benzene rings is 5. The van der Waals surface area contributed by atoms with Gasteiger partial charge in [-0.15, -0.1) is 11.6 Å². The van der Waals surface area contributed by atoms with Gasteiger partial charge in [0.2, 0.25) is 23.8 Å². The molecule has 1 aromatic heterocycles. The zero-order valence-corrected chi connectivity index (χ0v) is 37.6. The van der Waals surface area contributed by atoms with Gasteiger partial charge in [-0.05, 0) is 30.3 Å². The Morgan fingerprint density at radius 3 is 0.842 bits per heavy atom. The summed E-state index contributed by atoms with van der Waals surface area (Å²) < 4.78 is 342. The molecule has 6 rings (SSSR count). The minimum atomic E-state index is -6.13. The van der Waals surface area contributed by atoms with Gasteiger partial charge in [-0.1, -0.05) is 78.9 Å². The Morgan fingerprint density at radius 1 is 0.355 bits per heavy atom. The van der Waals surface area contributed by atoms with Crippen molar-refractivity contribution in [2.45, 2.75) is 56.0 Å². The van der Waals surface area contributed by atoms with Crippen molar-refractivity contribution in [2.24, 2.45) is 0 Å². The van der Waals surface area contributed by atoms with Crippen molar-refractivity contribution in [2.75, 3.05) is 5.88 Å². The number of carbonyl (C=O) groups excluding carboxylic acids is 2. The third kappa shape index (κ3) is 13.8. The highest BCUT2D eigenvalue weighted by molar-refractivity contribution is 7.20. The van der Waals surface area contributed by atoms with Crippen molar-refractivity contribution >= 4 is 51.2 Å². The molecule has 0 spiro atoms. The summed E-state index contributed by atoms with van der Waals surface area (Å²) in [4.78, 5) is 23.8. The first kappa shape index (κ1) is 60.1. The van der Waals surface area contributed by atoms with Crippen molar-refractivity contribution in [3.8, 4) is 0 Å². The molecular weight excluding hydrogens is 1110 g/mol. The molecule has 6 aromatic rings. The summed E-state index contributed by atoms with van der Waals surface area (Å²) in [7, 11) is 0. The minimum absolute atomic E-state index is 0.0413. The van der Waals surface area contributed by atoms with Crippen LogP contribution in [0.25, 0.3) is 0 Å². The fourth-order valence-corrected chi connectivity index (χ4v) is 8.01. The molecular formula is C47H25BClF24NO2. The molecule has 5 aromatic carbocycles. The number of hydrogen-bond donors (Lipinski definition) is 0. The van der Waals surface area contributed by atoms with Crippen LogP contribution in [0.4, 0.5) is 105 Å². The van der Waals surface area contributed by atoms with Crippen LogP contribution >= 0.6 is 11.6 Å². The summed E-state index contributed by atoms with van der Waals surface area (Å²) in [6.07, 6.45) is -53.1. The molecule has 0 radical (unpaired) electrons. The average molecular weight is 1140 g/mol. The van der Waals surface area contributed by atoms with Crippen molar-refractivity contribution in [3.05, 3.63) is 183 Å². The molecule has 0 fully saturated rings. The molecule has 0 atom stereocenters. The quantitative estimate of drug-likeness (QED) is 0.0476. The van der Waals surface area contributed by atoms with E-state index >= 15 is 0 Å². The van der Waals surface area contributed by atoms with Gasteiger partial charge < -0.3 is 0 Å². The highest BCUT2D eigenvalue weighted by Crippen LogP contribution is 2.41. The van der Waals surface area contributed by atoms with E-state index in [2.05, 4.69) is 0 Å². The highest BCUT2D eigenvalue weighted by Gasteiger charge is 2.47. The maximum Gasteiger partial charge on any atom is 0.416 e. The maximum atomic E-state index is 14.2. The number of rotatable bonds is 9. The van der Waals surface area contributed by atoms with E-state index in [-0.39, 0.29) is 24.0 Å². The summed E-state index contributed by atoms with van der Waals surface area (Å²) in [5, 5.41) is 0. The SMILES string of the molecule is FC(F)(F)c1cc([B-](c2cc(C(F)(F)F)cc(C(F)(F)F)c2)(c2cc(C(F)(F)F)cc(C(F)(F)F)c2)c2cc(C(F)(F)F)cc(C(F)(F)F)c2)cc(C(F)(F)F)c1.O=C(C[n+]1ccccc1C(=O)CCl)c1ccccc1. The molecule has 0 bridgehead atoms. The molecule has 76 heavy (non-hydrogen) atoms. The van der Waals surface area contributed by atoms with Gasteiger partial charge in [0.05, 0.1) is 50.4 Å². The number of ketones is 2. The maximum absolute atomic E-state index is 14.2. The predicted molar refractivity (Wildman–Crippen MR) is 223 cm³/mol. The molecule has 0 saturated carbocycles. The van der Waals surface area contributed by atoms with Crippen LogP contribution in [0.5, 0.6) is 0 Å². The Kier molecular flexibility index (Phi) is 16.6. The van der Waals surface area contributed by atoms with Gasteiger partial charge in [0.1, 0.15) is 6.15 Å². The van der Waals surface area contributed by atoms with Crippen molar-refractivity contribution in [1.29, 1.82) is 0 Å². The summed E-state index contributed by atoms with van der Waals surface area (Å²) in [6, 6.07) is 5.39. The molecule has 0 aliphatic carbocycles. The van der Waals surface area contributed by atoms with Gasteiger partial charge in [-0.25, -0.2) is 0 Å². The van der Waals surface area contributed by atoms with Gasteiger partial charge in [0.25, 0.3) is 0 Å². The van der Waals surface area contributed by atoms with Gasteiger partial charge in [-0.2, -0.15) is 132 Å². The lowest BCUT2D eigenvalue weighted by molar-refractivity contribution is -0.685. The summed E-state index contributed by atoms with van der Waals surface area (Å²) in [5.74, 6) is -0.327. The third-order valence-electron chi connectivity index (χ3n) is 11.2. The van der Waals surface area contributed by atoms with Gasteiger partial charge in [-0.3, -0.25) is 9.59 Å². The third-order valence-corrected chi connectivity index (χ3v) is 11.4. The van der Waals surface area contributed by atoms with Crippen LogP contribution in [0, 0.1) is 0 Å². The lowest BCUT2D eigenvalue weighted by Gasteiger charge is -2.46. The van der Waals surface area contributed by atoms with Crippen molar-refractivity contribution in [1.82, 2.24) is 0 Å². The fourth-order valence-electron chi connectivity index (χ4n) is 7.88. The highest BCUT2D eigenvalue weighted by atomic mass is 35.5. The molecule has 0 saturated heterocycles. The van der Waals surface area contributed by atoms with E-state index in [1.54, 1.807) is 41.1 Å². The molecule has 0 amide bonds.